The fraction of sp³-hybridized carbons (Fsp3) is 0.160. The van der Waals surface area contributed by atoms with Gasteiger partial charge in [-0.15, -0.1) is 0 Å². The summed E-state index contributed by atoms with van der Waals surface area (Å²) in [5, 5.41) is 0.524. The smallest absolute Gasteiger partial charge is 0.342 e. The molecule has 0 fully saturated rings. The molecule has 1 atom stereocenters. The molecule has 7 heteroatoms. The zero-order valence-electron chi connectivity index (χ0n) is 17.3. The number of ether oxygens (including phenoxy) is 1. The number of sulfonamides is 1. The van der Waals surface area contributed by atoms with E-state index in [0.717, 1.165) is 11.1 Å². The van der Waals surface area contributed by atoms with Gasteiger partial charge in [0.25, 0.3) is 10.0 Å². The Morgan fingerprint density at radius 2 is 1.66 bits per heavy atom. The normalized spacial score (nSPS) is 18.1. The first-order chi connectivity index (χ1) is 15.4. The predicted molar refractivity (Wildman–Crippen MR) is 123 cm³/mol. The Hall–Kier alpha value is -3.09. The van der Waals surface area contributed by atoms with Crippen LogP contribution in [0.1, 0.15) is 29.0 Å². The molecule has 0 radical (unpaired) electrons. The van der Waals surface area contributed by atoms with Gasteiger partial charge in [-0.3, -0.25) is 4.31 Å². The number of benzene rings is 3. The number of carbonyl (C=O) groups is 1. The molecule has 5 rings (SSSR count). The number of carbonyl (C=O) groups excluding carboxylic acids is 1. The van der Waals surface area contributed by atoms with Crippen molar-refractivity contribution in [1.29, 1.82) is 0 Å². The van der Waals surface area contributed by atoms with Crippen molar-refractivity contribution in [3.05, 3.63) is 100 Å². The average Bonchev–Trinajstić information content (AvgIpc) is 2.79. The Labute approximate surface area is 191 Å². The quantitative estimate of drug-likeness (QED) is 0.396. The van der Waals surface area contributed by atoms with E-state index in [-0.39, 0.29) is 17.4 Å². The molecule has 0 aromatic heterocycles. The molecule has 3 aromatic carbocycles. The first kappa shape index (κ1) is 20.8. The number of para-hydroxylation sites is 1. The third-order valence-corrected chi connectivity index (χ3v) is 7.98. The summed E-state index contributed by atoms with van der Waals surface area (Å²) in [5.41, 5.74) is 3.15. The lowest BCUT2D eigenvalue weighted by Gasteiger charge is -2.39. The average molecular weight is 466 g/mol. The van der Waals surface area contributed by atoms with Gasteiger partial charge in [0.2, 0.25) is 0 Å². The maximum absolute atomic E-state index is 13.7. The fourth-order valence-corrected chi connectivity index (χ4v) is 6.00. The van der Waals surface area contributed by atoms with Gasteiger partial charge in [-0.1, -0.05) is 59.6 Å². The highest BCUT2D eigenvalue weighted by Gasteiger charge is 2.43. The van der Waals surface area contributed by atoms with Crippen LogP contribution in [-0.4, -0.2) is 25.2 Å². The van der Waals surface area contributed by atoms with Crippen LogP contribution >= 0.6 is 11.6 Å². The lowest BCUT2D eigenvalue weighted by atomic mass is 9.81. The summed E-state index contributed by atoms with van der Waals surface area (Å²) in [4.78, 5) is 13.3. The van der Waals surface area contributed by atoms with Crippen molar-refractivity contribution in [3.63, 3.8) is 0 Å². The summed E-state index contributed by atoms with van der Waals surface area (Å²) in [6.45, 7) is 2.14. The van der Waals surface area contributed by atoms with E-state index in [2.05, 4.69) is 0 Å². The summed E-state index contributed by atoms with van der Waals surface area (Å²) in [5.74, 6) is -0.249. The molecule has 0 saturated carbocycles. The number of rotatable bonds is 3. The third kappa shape index (κ3) is 3.40. The molecule has 0 N–H and O–H groups in total. The second-order valence-electron chi connectivity index (χ2n) is 7.93. The number of halogens is 1. The lowest BCUT2D eigenvalue weighted by molar-refractivity contribution is -0.131. The summed E-state index contributed by atoms with van der Waals surface area (Å²) in [7, 11) is -3.90. The number of hydrogen-bond donors (Lipinski definition) is 0. The van der Waals surface area contributed by atoms with E-state index in [1.165, 1.54) is 4.31 Å². The van der Waals surface area contributed by atoms with Gasteiger partial charge in [-0.2, -0.15) is 0 Å². The molecule has 0 saturated heterocycles. The minimum absolute atomic E-state index is 0.179. The van der Waals surface area contributed by atoms with Gasteiger partial charge >= 0.3 is 5.97 Å². The summed E-state index contributed by atoms with van der Waals surface area (Å²) in [6, 6.07) is 21.0. The van der Waals surface area contributed by atoms with E-state index < -0.39 is 16.0 Å². The van der Waals surface area contributed by atoms with Crippen LogP contribution in [0, 0.1) is 6.92 Å². The SMILES string of the molecule is Cc1ccc(S(=O)(=O)N2CC[C@@H]3C(=C2c2ccc(Cl)cc2)C(=O)Oc2ccccc23)cc1. The highest BCUT2D eigenvalue weighted by molar-refractivity contribution is 7.89. The zero-order chi connectivity index (χ0) is 22.5. The van der Waals surface area contributed by atoms with Gasteiger partial charge in [0.05, 0.1) is 16.2 Å². The number of fused-ring (bicyclic) bond motifs is 3. The Kier molecular flexibility index (Phi) is 5.07. The fourth-order valence-electron chi connectivity index (χ4n) is 4.35. The van der Waals surface area contributed by atoms with Crippen molar-refractivity contribution >= 4 is 33.3 Å². The van der Waals surface area contributed by atoms with Gasteiger partial charge < -0.3 is 4.74 Å². The predicted octanol–water partition coefficient (Wildman–Crippen LogP) is 5.16. The van der Waals surface area contributed by atoms with Gasteiger partial charge in [-0.25, -0.2) is 13.2 Å². The molecule has 2 aliphatic rings. The topological polar surface area (TPSA) is 63.7 Å². The summed E-state index contributed by atoms with van der Waals surface area (Å²) < 4.78 is 34.3. The number of esters is 1. The van der Waals surface area contributed by atoms with Crippen LogP contribution in [0.2, 0.25) is 5.02 Å². The Balaban J connectivity index is 1.74. The molecule has 2 aliphatic heterocycles. The second-order valence-corrected chi connectivity index (χ2v) is 10.2. The van der Waals surface area contributed by atoms with Crippen molar-refractivity contribution in [2.45, 2.75) is 24.2 Å². The molecule has 2 heterocycles. The van der Waals surface area contributed by atoms with Crippen molar-refractivity contribution in [1.82, 2.24) is 4.31 Å². The Morgan fingerprint density at radius 3 is 2.38 bits per heavy atom. The second kappa shape index (κ2) is 7.80. The molecule has 32 heavy (non-hydrogen) atoms. The largest absolute Gasteiger partial charge is 0.423 e. The van der Waals surface area contributed by atoms with Crippen LogP contribution in [0.15, 0.2) is 83.3 Å². The first-order valence-electron chi connectivity index (χ1n) is 10.3. The molecule has 0 spiro atoms. The number of hydrogen-bond acceptors (Lipinski definition) is 4. The molecule has 0 unspecified atom stereocenters. The van der Waals surface area contributed by atoms with Crippen LogP contribution in [0.4, 0.5) is 0 Å². The van der Waals surface area contributed by atoms with Crippen LogP contribution in [0.25, 0.3) is 5.70 Å². The van der Waals surface area contributed by atoms with E-state index >= 15 is 0 Å². The van der Waals surface area contributed by atoms with E-state index in [0.29, 0.717) is 34.0 Å². The molecule has 0 aliphatic carbocycles. The van der Waals surface area contributed by atoms with E-state index in [4.69, 9.17) is 16.3 Å². The van der Waals surface area contributed by atoms with Crippen LogP contribution in [0.3, 0.4) is 0 Å². The molecule has 162 valence electrons. The minimum atomic E-state index is -3.90. The van der Waals surface area contributed by atoms with Crippen molar-refractivity contribution in [2.24, 2.45) is 0 Å². The van der Waals surface area contributed by atoms with Crippen molar-refractivity contribution < 1.29 is 17.9 Å². The molecule has 5 nitrogen and oxygen atoms in total. The van der Waals surface area contributed by atoms with E-state index in [9.17, 15) is 13.2 Å². The number of aryl methyl sites for hydroxylation is 1. The maximum atomic E-state index is 13.7. The van der Waals surface area contributed by atoms with Gasteiger partial charge in [0.15, 0.2) is 0 Å². The minimum Gasteiger partial charge on any atom is -0.423 e. The molecule has 3 aromatic rings. The van der Waals surface area contributed by atoms with Crippen molar-refractivity contribution in [3.8, 4) is 5.75 Å². The highest BCUT2D eigenvalue weighted by Crippen LogP contribution is 2.47. The van der Waals surface area contributed by atoms with Crippen molar-refractivity contribution in [2.75, 3.05) is 6.54 Å². The molecular weight excluding hydrogens is 446 g/mol. The Bertz CT molecular complexity index is 1350. The van der Waals surface area contributed by atoms with Crippen LogP contribution < -0.4 is 4.74 Å². The molecule has 0 amide bonds. The zero-order valence-corrected chi connectivity index (χ0v) is 18.9. The summed E-state index contributed by atoms with van der Waals surface area (Å²) in [6.07, 6.45) is 0.476. The Morgan fingerprint density at radius 1 is 0.969 bits per heavy atom. The van der Waals surface area contributed by atoms with Crippen LogP contribution in [0.5, 0.6) is 5.75 Å². The maximum Gasteiger partial charge on any atom is 0.342 e. The molecular formula is C25H20ClNO4S. The van der Waals surface area contributed by atoms with Gasteiger partial charge in [0.1, 0.15) is 5.75 Å². The standard InChI is InChI=1S/C25H20ClNO4S/c1-16-6-12-19(13-7-16)32(29,30)27-15-14-21-20-4-2-3-5-22(20)31-25(28)23(21)24(27)17-8-10-18(26)11-9-17/h2-13,21H,14-15H2,1H3/t21-/m0/s1. The van der Waals surface area contributed by atoms with E-state index in [1.54, 1.807) is 54.6 Å². The number of nitrogens with zero attached hydrogens (tertiary/aromatic N) is 1. The lowest BCUT2D eigenvalue weighted by Crippen LogP contribution is -2.40. The van der Waals surface area contributed by atoms with Gasteiger partial charge in [-0.05, 0) is 49.2 Å². The highest BCUT2D eigenvalue weighted by atomic mass is 35.5. The van der Waals surface area contributed by atoms with Gasteiger partial charge in [0, 0.05) is 23.0 Å². The summed E-state index contributed by atoms with van der Waals surface area (Å²) >= 11 is 6.08. The van der Waals surface area contributed by atoms with E-state index in [1.807, 2.05) is 25.1 Å². The molecule has 0 bridgehead atoms. The van der Waals surface area contributed by atoms with Crippen LogP contribution in [-0.2, 0) is 14.8 Å². The first-order valence-corrected chi connectivity index (χ1v) is 12.1. The monoisotopic (exact) mass is 465 g/mol. The third-order valence-electron chi connectivity index (χ3n) is 5.92.